The molecule has 12 heavy (non-hydrogen) atoms. The maximum atomic E-state index is 5.48. The van der Waals surface area contributed by atoms with Crippen LogP contribution >= 0.6 is 0 Å². The van der Waals surface area contributed by atoms with Crippen LogP contribution in [0, 0.1) is 0 Å². The molecular weight excluding hydrogens is 152 g/mol. The number of H-pyrrole nitrogens is 1. The van der Waals surface area contributed by atoms with Gasteiger partial charge in [-0.1, -0.05) is 0 Å². The molecule has 0 radical (unpaired) electrons. The van der Waals surface area contributed by atoms with E-state index in [-0.39, 0.29) is 0 Å². The van der Waals surface area contributed by atoms with Crippen molar-refractivity contribution >= 4 is 5.82 Å². The van der Waals surface area contributed by atoms with Crippen LogP contribution in [0.3, 0.4) is 0 Å². The highest BCUT2D eigenvalue weighted by Crippen LogP contribution is 2.12. The summed E-state index contributed by atoms with van der Waals surface area (Å²) in [5.74, 6) is 0.433. The average Bonchev–Trinajstić information content (AvgIpc) is 2.56. The molecule has 2 rings (SSSR count). The molecule has 4 heteroatoms. The van der Waals surface area contributed by atoms with Crippen molar-refractivity contribution in [3.8, 4) is 11.4 Å². The lowest BCUT2D eigenvalue weighted by Gasteiger charge is -1.96. The number of hydrogen-bond acceptors (Lipinski definition) is 3. The fourth-order valence-electron chi connectivity index (χ4n) is 1.00. The number of aromatic amines is 1. The van der Waals surface area contributed by atoms with E-state index >= 15 is 0 Å². The second-order valence-electron chi connectivity index (χ2n) is 2.41. The van der Waals surface area contributed by atoms with Crippen LogP contribution in [0.25, 0.3) is 11.4 Å². The number of nitrogens with one attached hydrogen (secondary N) is 1. The normalized spacial score (nSPS) is 10.0. The topological polar surface area (TPSA) is 67.6 Å². The van der Waals surface area contributed by atoms with E-state index in [1.807, 2.05) is 18.3 Å². The SMILES string of the molecule is Nc1cncc(-c2ccc[nH]2)n1. The van der Waals surface area contributed by atoms with Gasteiger partial charge in [0.05, 0.1) is 18.1 Å². The molecule has 0 spiro atoms. The van der Waals surface area contributed by atoms with Crippen molar-refractivity contribution in [1.82, 2.24) is 15.0 Å². The third kappa shape index (κ3) is 1.14. The second kappa shape index (κ2) is 2.65. The van der Waals surface area contributed by atoms with E-state index in [0.29, 0.717) is 5.82 Å². The van der Waals surface area contributed by atoms with Crippen molar-refractivity contribution in [2.45, 2.75) is 0 Å². The lowest BCUT2D eigenvalue weighted by Crippen LogP contribution is -1.93. The predicted molar refractivity (Wildman–Crippen MR) is 46.2 cm³/mol. The summed E-state index contributed by atoms with van der Waals surface area (Å²) >= 11 is 0. The first-order valence-electron chi connectivity index (χ1n) is 3.57. The highest BCUT2D eigenvalue weighted by molar-refractivity contribution is 5.54. The minimum Gasteiger partial charge on any atom is -0.382 e. The van der Waals surface area contributed by atoms with Crippen LogP contribution in [0.1, 0.15) is 0 Å². The fraction of sp³-hybridized carbons (Fsp3) is 0. The summed E-state index contributed by atoms with van der Waals surface area (Å²) in [6.45, 7) is 0. The van der Waals surface area contributed by atoms with E-state index in [1.165, 1.54) is 6.20 Å². The van der Waals surface area contributed by atoms with Gasteiger partial charge in [-0.05, 0) is 12.1 Å². The zero-order valence-corrected chi connectivity index (χ0v) is 6.36. The van der Waals surface area contributed by atoms with Crippen molar-refractivity contribution in [3.05, 3.63) is 30.7 Å². The van der Waals surface area contributed by atoms with Gasteiger partial charge in [0.25, 0.3) is 0 Å². The van der Waals surface area contributed by atoms with Gasteiger partial charge < -0.3 is 10.7 Å². The van der Waals surface area contributed by atoms with E-state index in [2.05, 4.69) is 15.0 Å². The molecule has 2 aromatic heterocycles. The number of rotatable bonds is 1. The summed E-state index contributed by atoms with van der Waals surface area (Å²) < 4.78 is 0. The van der Waals surface area contributed by atoms with Crippen LogP contribution in [0.2, 0.25) is 0 Å². The summed E-state index contributed by atoms with van der Waals surface area (Å²) in [6, 6.07) is 3.82. The van der Waals surface area contributed by atoms with E-state index in [1.54, 1.807) is 6.20 Å². The summed E-state index contributed by atoms with van der Waals surface area (Å²) in [5.41, 5.74) is 7.17. The number of nitrogen functional groups attached to an aromatic ring is 1. The van der Waals surface area contributed by atoms with Gasteiger partial charge in [0.15, 0.2) is 0 Å². The van der Waals surface area contributed by atoms with Crippen LogP contribution in [-0.4, -0.2) is 15.0 Å². The zero-order valence-electron chi connectivity index (χ0n) is 6.36. The van der Waals surface area contributed by atoms with Crippen molar-refractivity contribution in [2.75, 3.05) is 5.73 Å². The molecule has 0 saturated carbocycles. The predicted octanol–water partition coefficient (Wildman–Crippen LogP) is 1.05. The van der Waals surface area contributed by atoms with E-state index < -0.39 is 0 Å². The van der Waals surface area contributed by atoms with Crippen molar-refractivity contribution < 1.29 is 0 Å². The van der Waals surface area contributed by atoms with E-state index in [0.717, 1.165) is 11.4 Å². The molecule has 0 aliphatic heterocycles. The van der Waals surface area contributed by atoms with Gasteiger partial charge in [0.2, 0.25) is 0 Å². The standard InChI is InChI=1S/C8H8N4/c9-8-5-10-4-7(12-8)6-2-1-3-11-6/h1-5,11H,(H2,9,12). The molecule has 0 unspecified atom stereocenters. The minimum atomic E-state index is 0.433. The number of nitrogens with two attached hydrogens (primary N) is 1. The van der Waals surface area contributed by atoms with Gasteiger partial charge >= 0.3 is 0 Å². The number of nitrogens with zero attached hydrogens (tertiary/aromatic N) is 2. The van der Waals surface area contributed by atoms with Crippen LogP contribution in [0.15, 0.2) is 30.7 Å². The Bertz CT molecular complexity index is 366. The smallest absolute Gasteiger partial charge is 0.142 e. The Morgan fingerprint density at radius 1 is 1.33 bits per heavy atom. The molecule has 0 saturated heterocycles. The van der Waals surface area contributed by atoms with Gasteiger partial charge in [-0.25, -0.2) is 4.98 Å². The van der Waals surface area contributed by atoms with Crippen molar-refractivity contribution in [2.24, 2.45) is 0 Å². The molecule has 2 aromatic rings. The number of aromatic nitrogens is 3. The van der Waals surface area contributed by atoms with Gasteiger partial charge in [-0.2, -0.15) is 0 Å². The van der Waals surface area contributed by atoms with Gasteiger partial charge in [-0.3, -0.25) is 4.98 Å². The first kappa shape index (κ1) is 6.84. The first-order valence-corrected chi connectivity index (χ1v) is 3.57. The Kier molecular flexibility index (Phi) is 1.51. The summed E-state index contributed by atoms with van der Waals surface area (Å²) in [5, 5.41) is 0. The fourth-order valence-corrected chi connectivity index (χ4v) is 1.00. The minimum absolute atomic E-state index is 0.433. The van der Waals surface area contributed by atoms with Crippen LogP contribution in [0.5, 0.6) is 0 Å². The van der Waals surface area contributed by atoms with Crippen molar-refractivity contribution in [1.29, 1.82) is 0 Å². The maximum absolute atomic E-state index is 5.48. The lowest BCUT2D eigenvalue weighted by atomic mass is 10.3. The van der Waals surface area contributed by atoms with Crippen LogP contribution in [-0.2, 0) is 0 Å². The highest BCUT2D eigenvalue weighted by Gasteiger charge is 1.98. The quantitative estimate of drug-likeness (QED) is 0.655. The van der Waals surface area contributed by atoms with Gasteiger partial charge in [-0.15, -0.1) is 0 Å². The molecule has 0 aliphatic carbocycles. The van der Waals surface area contributed by atoms with Crippen molar-refractivity contribution in [3.63, 3.8) is 0 Å². The molecule has 4 nitrogen and oxygen atoms in total. The van der Waals surface area contributed by atoms with Crippen LogP contribution in [0.4, 0.5) is 5.82 Å². The largest absolute Gasteiger partial charge is 0.382 e. The van der Waals surface area contributed by atoms with E-state index in [9.17, 15) is 0 Å². The third-order valence-electron chi connectivity index (χ3n) is 1.53. The molecule has 60 valence electrons. The Hall–Kier alpha value is -1.84. The molecule has 0 fully saturated rings. The van der Waals surface area contributed by atoms with E-state index in [4.69, 9.17) is 5.73 Å². The average molecular weight is 160 g/mol. The summed E-state index contributed by atoms with van der Waals surface area (Å²) in [4.78, 5) is 11.1. The Morgan fingerprint density at radius 2 is 2.25 bits per heavy atom. The van der Waals surface area contributed by atoms with Crippen LogP contribution < -0.4 is 5.73 Å². The maximum Gasteiger partial charge on any atom is 0.142 e. The Morgan fingerprint density at radius 3 is 2.92 bits per heavy atom. The second-order valence-corrected chi connectivity index (χ2v) is 2.41. The molecule has 0 amide bonds. The number of anilines is 1. The highest BCUT2D eigenvalue weighted by atomic mass is 14.9. The molecule has 0 aromatic carbocycles. The lowest BCUT2D eigenvalue weighted by molar-refractivity contribution is 1.20. The molecule has 0 aliphatic rings. The summed E-state index contributed by atoms with van der Waals surface area (Å²) in [6.07, 6.45) is 5.02. The van der Waals surface area contributed by atoms with Gasteiger partial charge in [0.1, 0.15) is 11.5 Å². The first-order chi connectivity index (χ1) is 5.86. The van der Waals surface area contributed by atoms with Gasteiger partial charge in [0, 0.05) is 6.20 Å². The molecule has 0 bridgehead atoms. The molecule has 3 N–H and O–H groups in total. The zero-order chi connectivity index (χ0) is 8.39. The molecular formula is C8H8N4. The Balaban J connectivity index is 2.48. The molecule has 0 atom stereocenters. The third-order valence-corrected chi connectivity index (χ3v) is 1.53. The monoisotopic (exact) mass is 160 g/mol. The molecule has 2 heterocycles. The summed E-state index contributed by atoms with van der Waals surface area (Å²) in [7, 11) is 0. The number of hydrogen-bond donors (Lipinski definition) is 2. The Labute approximate surface area is 69.5 Å².